The average Bonchev–Trinajstić information content (AvgIpc) is 3.18. The fraction of sp³-hybridized carbons (Fsp3) is 0.300. The predicted octanol–water partition coefficient (Wildman–Crippen LogP) is 6.25. The van der Waals surface area contributed by atoms with Crippen molar-refractivity contribution in [2.45, 2.75) is 38.3 Å². The Morgan fingerprint density at radius 1 is 1.00 bits per heavy atom. The van der Waals surface area contributed by atoms with Gasteiger partial charge in [-0.1, -0.05) is 54.6 Å². The molecule has 2 unspecified atom stereocenters. The summed E-state index contributed by atoms with van der Waals surface area (Å²) in [4.78, 5) is 15.2. The SMILES string of the molecule is Cc1cc(C2=CC3COCC(C2)N3C(=O)OCC2c3ccccc3-c3ccccc32)cc(C)c1F. The van der Waals surface area contributed by atoms with Crippen LogP contribution in [0.1, 0.15) is 40.2 Å². The molecule has 2 atom stereocenters. The largest absolute Gasteiger partial charge is 0.448 e. The van der Waals surface area contributed by atoms with Crippen LogP contribution in [0.3, 0.4) is 0 Å². The molecule has 0 radical (unpaired) electrons. The van der Waals surface area contributed by atoms with E-state index in [1.165, 1.54) is 22.3 Å². The number of rotatable bonds is 3. The number of ether oxygens (including phenoxy) is 2. The minimum atomic E-state index is -0.299. The Labute approximate surface area is 205 Å². The maximum Gasteiger partial charge on any atom is 0.410 e. The summed E-state index contributed by atoms with van der Waals surface area (Å²) in [6, 6.07) is 20.2. The first-order valence-electron chi connectivity index (χ1n) is 12.2. The molecule has 0 N–H and O–H groups in total. The third-order valence-corrected chi connectivity index (χ3v) is 7.55. The Balaban J connectivity index is 1.23. The van der Waals surface area contributed by atoms with Crippen molar-refractivity contribution in [2.75, 3.05) is 19.8 Å². The van der Waals surface area contributed by atoms with Gasteiger partial charge in [0.2, 0.25) is 0 Å². The average molecular weight is 470 g/mol. The van der Waals surface area contributed by atoms with Crippen LogP contribution >= 0.6 is 0 Å². The summed E-state index contributed by atoms with van der Waals surface area (Å²) in [5, 5.41) is 0. The molecule has 0 aromatic heterocycles. The van der Waals surface area contributed by atoms with Crippen LogP contribution in [-0.2, 0) is 9.47 Å². The molecule has 4 nitrogen and oxygen atoms in total. The molecule has 6 rings (SSSR count). The molecule has 3 aromatic rings. The minimum absolute atomic E-state index is 0.0310. The van der Waals surface area contributed by atoms with Crippen molar-refractivity contribution in [3.8, 4) is 11.1 Å². The van der Waals surface area contributed by atoms with E-state index in [1.807, 2.05) is 41.3 Å². The highest BCUT2D eigenvalue weighted by Crippen LogP contribution is 2.44. The van der Waals surface area contributed by atoms with Crippen molar-refractivity contribution in [1.29, 1.82) is 0 Å². The molecule has 2 bridgehead atoms. The van der Waals surface area contributed by atoms with Gasteiger partial charge in [-0.3, -0.25) is 4.90 Å². The summed E-state index contributed by atoms with van der Waals surface area (Å²) in [5.74, 6) is -0.127. The maximum absolute atomic E-state index is 14.2. The van der Waals surface area contributed by atoms with Gasteiger partial charge in [-0.15, -0.1) is 0 Å². The number of halogens is 1. The highest BCUT2D eigenvalue weighted by Gasteiger charge is 2.40. The highest BCUT2D eigenvalue weighted by atomic mass is 19.1. The second-order valence-corrected chi connectivity index (χ2v) is 9.79. The van der Waals surface area contributed by atoms with Gasteiger partial charge in [-0.25, -0.2) is 9.18 Å². The van der Waals surface area contributed by atoms with Crippen LogP contribution in [0.5, 0.6) is 0 Å². The van der Waals surface area contributed by atoms with Crippen molar-refractivity contribution in [3.05, 3.63) is 100 Å². The number of hydrogen-bond donors (Lipinski definition) is 0. The molecule has 2 heterocycles. The van der Waals surface area contributed by atoms with Gasteiger partial charge >= 0.3 is 6.09 Å². The monoisotopic (exact) mass is 469 g/mol. The predicted molar refractivity (Wildman–Crippen MR) is 134 cm³/mol. The summed E-state index contributed by atoms with van der Waals surface area (Å²) in [5.41, 5.74) is 8.26. The fourth-order valence-electron chi connectivity index (χ4n) is 5.89. The molecule has 5 heteroatoms. The lowest BCUT2D eigenvalue weighted by molar-refractivity contribution is -0.0331. The van der Waals surface area contributed by atoms with E-state index < -0.39 is 0 Å². The number of nitrogens with zero attached hydrogens (tertiary/aromatic N) is 1. The van der Waals surface area contributed by atoms with Gasteiger partial charge in [-0.2, -0.15) is 0 Å². The molecule has 0 saturated carbocycles. The summed E-state index contributed by atoms with van der Waals surface area (Å²) in [7, 11) is 0. The molecular formula is C30H28FNO3. The first-order chi connectivity index (χ1) is 17.0. The number of benzene rings is 3. The molecule has 35 heavy (non-hydrogen) atoms. The van der Waals surface area contributed by atoms with Crippen LogP contribution in [-0.4, -0.2) is 42.9 Å². The van der Waals surface area contributed by atoms with E-state index in [4.69, 9.17) is 9.47 Å². The van der Waals surface area contributed by atoms with E-state index in [-0.39, 0.29) is 29.9 Å². The minimum Gasteiger partial charge on any atom is -0.448 e. The molecule has 1 amide bonds. The van der Waals surface area contributed by atoms with Gasteiger partial charge in [0, 0.05) is 5.92 Å². The summed E-state index contributed by atoms with van der Waals surface area (Å²) in [6.07, 6.45) is 2.45. The Hall–Kier alpha value is -3.44. The molecule has 178 valence electrons. The third-order valence-electron chi connectivity index (χ3n) is 7.55. The fourth-order valence-corrected chi connectivity index (χ4v) is 5.89. The summed E-state index contributed by atoms with van der Waals surface area (Å²) in [6.45, 7) is 4.79. The quantitative estimate of drug-likeness (QED) is 0.455. The molecule has 3 aliphatic rings. The Kier molecular flexibility index (Phi) is 5.45. The smallest absolute Gasteiger partial charge is 0.410 e. The number of carbonyl (C=O) groups is 1. The number of morpholine rings is 1. The van der Waals surface area contributed by atoms with Gasteiger partial charge < -0.3 is 9.47 Å². The second-order valence-electron chi connectivity index (χ2n) is 9.79. The summed E-state index contributed by atoms with van der Waals surface area (Å²) >= 11 is 0. The van der Waals surface area contributed by atoms with Crippen molar-refractivity contribution in [2.24, 2.45) is 0 Å². The van der Waals surface area contributed by atoms with Crippen LogP contribution in [0.25, 0.3) is 16.7 Å². The van der Waals surface area contributed by atoms with E-state index in [9.17, 15) is 9.18 Å². The van der Waals surface area contributed by atoms with E-state index in [0.29, 0.717) is 37.4 Å². The van der Waals surface area contributed by atoms with Gasteiger partial charge in [0.05, 0.1) is 25.3 Å². The van der Waals surface area contributed by atoms with Gasteiger partial charge in [0.15, 0.2) is 0 Å². The van der Waals surface area contributed by atoms with Crippen LogP contribution in [0.15, 0.2) is 66.7 Å². The van der Waals surface area contributed by atoms with E-state index in [2.05, 4.69) is 30.3 Å². The number of fused-ring (bicyclic) bond motifs is 5. The number of amides is 1. The number of hydrogen-bond acceptors (Lipinski definition) is 3. The van der Waals surface area contributed by atoms with E-state index in [1.54, 1.807) is 13.8 Å². The number of aryl methyl sites for hydroxylation is 2. The number of carbonyl (C=O) groups excluding carboxylic acids is 1. The van der Waals surface area contributed by atoms with Gasteiger partial charge in [0.1, 0.15) is 12.4 Å². The zero-order valence-electron chi connectivity index (χ0n) is 20.0. The normalized spacial score (nSPS) is 20.8. The van der Waals surface area contributed by atoms with E-state index >= 15 is 0 Å². The van der Waals surface area contributed by atoms with Gasteiger partial charge in [-0.05, 0) is 76.9 Å². The summed E-state index contributed by atoms with van der Waals surface area (Å²) < 4.78 is 25.9. The standard InChI is InChI=1S/C30H28FNO3/c1-18-11-20(12-19(2)29(18)31)21-13-22-15-34-16-23(14-21)32(22)30(33)35-17-28-26-9-5-3-7-24(26)25-8-4-6-10-27(25)28/h3-13,22-23,28H,14-17H2,1-2H3. The van der Waals surface area contributed by atoms with Crippen molar-refractivity contribution >= 4 is 11.7 Å². The van der Waals surface area contributed by atoms with E-state index in [0.717, 1.165) is 11.1 Å². The lowest BCUT2D eigenvalue weighted by Gasteiger charge is -2.44. The van der Waals surface area contributed by atoms with Crippen molar-refractivity contribution < 1.29 is 18.7 Å². The zero-order valence-corrected chi connectivity index (χ0v) is 20.0. The maximum atomic E-state index is 14.2. The first-order valence-corrected chi connectivity index (χ1v) is 12.2. The van der Waals surface area contributed by atoms with Crippen LogP contribution in [0.2, 0.25) is 0 Å². The molecule has 1 saturated heterocycles. The molecule has 3 aromatic carbocycles. The second kappa shape index (κ2) is 8.65. The molecule has 0 spiro atoms. The van der Waals surface area contributed by atoms with Crippen LogP contribution < -0.4 is 0 Å². The van der Waals surface area contributed by atoms with Crippen molar-refractivity contribution in [1.82, 2.24) is 4.90 Å². The zero-order chi connectivity index (χ0) is 24.1. The van der Waals surface area contributed by atoms with Gasteiger partial charge in [0.25, 0.3) is 0 Å². The van der Waals surface area contributed by atoms with Crippen LogP contribution in [0, 0.1) is 19.7 Å². The van der Waals surface area contributed by atoms with Crippen LogP contribution in [0.4, 0.5) is 9.18 Å². The lowest BCUT2D eigenvalue weighted by Crippen LogP contribution is -2.56. The van der Waals surface area contributed by atoms with Crippen molar-refractivity contribution in [3.63, 3.8) is 0 Å². The third kappa shape index (κ3) is 3.75. The topological polar surface area (TPSA) is 38.8 Å². The molecule has 1 fully saturated rings. The lowest BCUT2D eigenvalue weighted by atomic mass is 9.88. The molecule has 1 aliphatic carbocycles. The Morgan fingerprint density at radius 2 is 1.63 bits per heavy atom. The molecular weight excluding hydrogens is 441 g/mol. The Bertz CT molecular complexity index is 1280. The highest BCUT2D eigenvalue weighted by molar-refractivity contribution is 5.79. The Morgan fingerprint density at radius 3 is 2.26 bits per heavy atom. The first kappa shape index (κ1) is 22.1. The molecule has 2 aliphatic heterocycles.